The van der Waals surface area contributed by atoms with Crippen LogP contribution in [0.3, 0.4) is 0 Å². The molecule has 4 rings (SSSR count). The first-order chi connectivity index (χ1) is 15.2. The number of halogens is 1. The number of anilines is 1. The largest absolute Gasteiger partial charge is 0.366 e. The summed E-state index contributed by atoms with van der Waals surface area (Å²) in [5, 5.41) is 5.47. The summed E-state index contributed by atoms with van der Waals surface area (Å²) in [6, 6.07) is 9.55. The van der Waals surface area contributed by atoms with Gasteiger partial charge >= 0.3 is 12.1 Å². The summed E-state index contributed by atoms with van der Waals surface area (Å²) in [5.41, 5.74) is 5.77. The second-order valence-corrected chi connectivity index (χ2v) is 8.00. The molecule has 4 N–H and O–H groups in total. The molecule has 32 heavy (non-hydrogen) atoms. The molecule has 0 aromatic heterocycles. The zero-order valence-corrected chi connectivity index (χ0v) is 17.4. The Morgan fingerprint density at radius 3 is 2.47 bits per heavy atom. The van der Waals surface area contributed by atoms with Gasteiger partial charge in [-0.1, -0.05) is 24.3 Å². The number of urea groups is 2. The first-order valence-corrected chi connectivity index (χ1v) is 10.0. The van der Waals surface area contributed by atoms with Gasteiger partial charge < -0.3 is 21.3 Å². The zero-order chi connectivity index (χ0) is 23.0. The van der Waals surface area contributed by atoms with Crippen molar-refractivity contribution in [2.45, 2.75) is 24.9 Å². The van der Waals surface area contributed by atoms with Gasteiger partial charge in [-0.15, -0.1) is 0 Å². The van der Waals surface area contributed by atoms with E-state index < -0.39 is 29.3 Å². The fourth-order valence-corrected chi connectivity index (χ4v) is 3.79. The lowest BCUT2D eigenvalue weighted by atomic mass is 10.0. The van der Waals surface area contributed by atoms with Crippen LogP contribution in [-0.4, -0.2) is 47.3 Å². The molecule has 2 fully saturated rings. The summed E-state index contributed by atoms with van der Waals surface area (Å²) in [7, 11) is 1.51. The van der Waals surface area contributed by atoms with Crippen molar-refractivity contribution < 1.29 is 23.6 Å². The Hall–Kier alpha value is -3.95. The molecule has 0 unspecified atom stereocenters. The second kappa shape index (κ2) is 7.95. The Bertz CT molecular complexity index is 1130. The molecular formula is C22H22FN5O4. The van der Waals surface area contributed by atoms with Crippen LogP contribution >= 0.6 is 0 Å². The summed E-state index contributed by atoms with van der Waals surface area (Å²) in [4.78, 5) is 51.1. The van der Waals surface area contributed by atoms with E-state index in [0.29, 0.717) is 24.0 Å². The smallest absolute Gasteiger partial charge is 0.327 e. The number of nitrogens with two attached hydrogens (primary N) is 1. The predicted molar refractivity (Wildman–Crippen MR) is 113 cm³/mol. The molecule has 0 atom stereocenters. The molecule has 0 radical (unpaired) electrons. The molecule has 2 aromatic carbocycles. The van der Waals surface area contributed by atoms with Crippen LogP contribution in [0.2, 0.25) is 0 Å². The van der Waals surface area contributed by atoms with Gasteiger partial charge in [0, 0.05) is 23.9 Å². The van der Waals surface area contributed by atoms with Crippen molar-refractivity contribution in [2.75, 3.05) is 18.9 Å². The summed E-state index contributed by atoms with van der Waals surface area (Å²) >= 11 is 0. The first kappa shape index (κ1) is 21.3. The van der Waals surface area contributed by atoms with Gasteiger partial charge in [0.05, 0.1) is 12.1 Å². The highest BCUT2D eigenvalue weighted by Crippen LogP contribution is 2.46. The highest BCUT2D eigenvalue weighted by atomic mass is 19.1. The van der Waals surface area contributed by atoms with Crippen LogP contribution in [0.15, 0.2) is 42.5 Å². The molecule has 0 bridgehead atoms. The van der Waals surface area contributed by atoms with E-state index in [1.807, 2.05) is 0 Å². The normalized spacial score (nSPS) is 16.8. The summed E-state index contributed by atoms with van der Waals surface area (Å²) in [5.74, 6) is -1.47. The van der Waals surface area contributed by atoms with Crippen LogP contribution in [0, 0.1) is 5.82 Å². The van der Waals surface area contributed by atoms with Crippen molar-refractivity contribution in [3.63, 3.8) is 0 Å². The Labute approximate surface area is 183 Å². The molecule has 1 aliphatic heterocycles. The topological polar surface area (TPSA) is 125 Å². The molecule has 10 heteroatoms. The van der Waals surface area contributed by atoms with E-state index in [9.17, 15) is 23.6 Å². The number of carbonyl (C=O) groups excluding carboxylic acids is 4. The lowest BCUT2D eigenvalue weighted by Gasteiger charge is -2.21. The molecule has 2 aromatic rings. The van der Waals surface area contributed by atoms with Crippen molar-refractivity contribution in [1.82, 2.24) is 15.1 Å². The van der Waals surface area contributed by atoms with Crippen LogP contribution < -0.4 is 16.4 Å². The third-order valence-electron chi connectivity index (χ3n) is 5.69. The monoisotopic (exact) mass is 439 g/mol. The molecular weight excluding hydrogens is 417 g/mol. The fourth-order valence-electron chi connectivity index (χ4n) is 3.79. The minimum absolute atomic E-state index is 0.0351. The average Bonchev–Trinajstić information content (AvgIpc) is 3.47. The number of imide groups is 1. The number of nitrogens with zero attached hydrogens (tertiary/aromatic N) is 2. The van der Waals surface area contributed by atoms with Crippen LogP contribution in [0.25, 0.3) is 0 Å². The molecule has 6 amide bonds. The van der Waals surface area contributed by atoms with Crippen LogP contribution in [0.5, 0.6) is 0 Å². The van der Waals surface area contributed by atoms with E-state index in [0.717, 1.165) is 4.90 Å². The third-order valence-corrected chi connectivity index (χ3v) is 5.69. The van der Waals surface area contributed by atoms with E-state index in [-0.39, 0.29) is 30.2 Å². The zero-order valence-electron chi connectivity index (χ0n) is 17.4. The first-order valence-electron chi connectivity index (χ1n) is 10.0. The van der Waals surface area contributed by atoms with Gasteiger partial charge in [-0.3, -0.25) is 14.5 Å². The molecule has 0 spiro atoms. The number of nitrogens with one attached hydrogen (secondary N) is 2. The molecule has 1 heterocycles. The van der Waals surface area contributed by atoms with Crippen molar-refractivity contribution >= 4 is 29.6 Å². The summed E-state index contributed by atoms with van der Waals surface area (Å²) in [6.07, 6.45) is 1.16. The van der Waals surface area contributed by atoms with Gasteiger partial charge in [-0.25, -0.2) is 14.0 Å². The van der Waals surface area contributed by atoms with Gasteiger partial charge in [0.25, 0.3) is 5.91 Å². The van der Waals surface area contributed by atoms with Crippen LogP contribution in [0.1, 0.15) is 34.3 Å². The maximum Gasteiger partial charge on any atom is 0.327 e. The van der Waals surface area contributed by atoms with E-state index in [2.05, 4.69) is 10.6 Å². The fraction of sp³-hybridized carbons (Fsp3) is 0.273. The maximum atomic E-state index is 14.2. The van der Waals surface area contributed by atoms with Crippen molar-refractivity contribution in [2.24, 2.45) is 5.73 Å². The number of benzene rings is 2. The van der Waals surface area contributed by atoms with Gasteiger partial charge in [0.2, 0.25) is 5.91 Å². The highest BCUT2D eigenvalue weighted by Gasteiger charge is 2.47. The average molecular weight is 439 g/mol. The van der Waals surface area contributed by atoms with E-state index in [1.165, 1.54) is 36.2 Å². The quantitative estimate of drug-likeness (QED) is 0.596. The van der Waals surface area contributed by atoms with E-state index >= 15 is 0 Å². The van der Waals surface area contributed by atoms with Gasteiger partial charge in [0.15, 0.2) is 0 Å². The lowest BCUT2D eigenvalue weighted by Crippen LogP contribution is -2.39. The number of hydrogen-bond acceptors (Lipinski definition) is 4. The van der Waals surface area contributed by atoms with Gasteiger partial charge in [-0.2, -0.15) is 0 Å². The summed E-state index contributed by atoms with van der Waals surface area (Å²) in [6.45, 7) is -0.123. The summed E-state index contributed by atoms with van der Waals surface area (Å²) < 4.78 is 14.2. The molecule has 166 valence electrons. The van der Waals surface area contributed by atoms with Crippen LogP contribution in [-0.2, 0) is 16.9 Å². The minimum atomic E-state index is -0.805. The Kier molecular flexibility index (Phi) is 5.29. The number of amides is 6. The SMILES string of the molecule is CN1CC(=O)N(Cc2ccc(C(N)=O)cc2NC(=O)NC2(c3ccccc3F)CC2)C1=O. The Morgan fingerprint density at radius 1 is 1.16 bits per heavy atom. The van der Waals surface area contributed by atoms with E-state index in [4.69, 9.17) is 5.73 Å². The number of primary amides is 1. The van der Waals surface area contributed by atoms with Crippen molar-refractivity contribution in [3.05, 3.63) is 65.0 Å². The Morgan fingerprint density at radius 2 is 1.88 bits per heavy atom. The minimum Gasteiger partial charge on any atom is -0.366 e. The molecule has 1 aliphatic carbocycles. The second-order valence-electron chi connectivity index (χ2n) is 8.00. The van der Waals surface area contributed by atoms with Crippen LogP contribution in [0.4, 0.5) is 19.7 Å². The van der Waals surface area contributed by atoms with E-state index in [1.54, 1.807) is 18.2 Å². The number of rotatable bonds is 6. The molecule has 2 aliphatic rings. The maximum absolute atomic E-state index is 14.2. The molecule has 1 saturated carbocycles. The third kappa shape index (κ3) is 3.98. The number of hydrogen-bond donors (Lipinski definition) is 3. The molecule has 9 nitrogen and oxygen atoms in total. The number of carbonyl (C=O) groups is 4. The standard InChI is InChI=1S/C22H22FN5O4/c1-27-12-18(29)28(21(27)32)11-14-7-6-13(19(24)30)10-17(14)25-20(31)26-22(8-9-22)15-4-2-3-5-16(15)23/h2-7,10H,8-9,11-12H2,1H3,(H2,24,30)(H2,25,26,31). The molecule has 1 saturated heterocycles. The van der Waals surface area contributed by atoms with Gasteiger partial charge in [0.1, 0.15) is 12.4 Å². The Balaban J connectivity index is 1.57. The predicted octanol–water partition coefficient (Wildman–Crippen LogP) is 2.13. The van der Waals surface area contributed by atoms with Crippen molar-refractivity contribution in [3.8, 4) is 0 Å². The lowest BCUT2D eigenvalue weighted by molar-refractivity contribution is -0.125. The highest BCUT2D eigenvalue weighted by molar-refractivity contribution is 6.02. The van der Waals surface area contributed by atoms with Gasteiger partial charge in [-0.05, 0) is 36.6 Å². The van der Waals surface area contributed by atoms with Crippen molar-refractivity contribution in [1.29, 1.82) is 0 Å². The number of likely N-dealkylation sites (N-methyl/N-ethyl adjacent to an activating group) is 1.